The Morgan fingerprint density at radius 2 is 2.00 bits per heavy atom. The summed E-state index contributed by atoms with van der Waals surface area (Å²) in [7, 11) is -1.46. The van der Waals surface area contributed by atoms with E-state index >= 15 is 0 Å². The SMILES string of the molecule is COc1ccc(-c2cc(C(=O)NCC3CC3)nn2[C@@H]2CCS(=O)(=O)C2)cc1. The summed E-state index contributed by atoms with van der Waals surface area (Å²) in [6, 6.07) is 8.95. The van der Waals surface area contributed by atoms with Crippen LogP contribution in [0.1, 0.15) is 35.8 Å². The van der Waals surface area contributed by atoms with Crippen LogP contribution in [-0.2, 0) is 9.84 Å². The monoisotopic (exact) mass is 389 g/mol. The molecule has 1 aromatic heterocycles. The first-order valence-corrected chi connectivity index (χ1v) is 11.0. The second-order valence-corrected chi connectivity index (χ2v) is 9.53. The highest BCUT2D eigenvalue weighted by Gasteiger charge is 2.32. The highest BCUT2D eigenvalue weighted by atomic mass is 32.2. The van der Waals surface area contributed by atoms with Crippen molar-refractivity contribution in [2.45, 2.75) is 25.3 Å². The van der Waals surface area contributed by atoms with Gasteiger partial charge in [-0.3, -0.25) is 9.48 Å². The molecular weight excluding hydrogens is 366 g/mol. The summed E-state index contributed by atoms with van der Waals surface area (Å²) in [5.74, 6) is 1.31. The molecule has 0 bridgehead atoms. The van der Waals surface area contributed by atoms with Gasteiger partial charge < -0.3 is 10.1 Å². The van der Waals surface area contributed by atoms with Gasteiger partial charge >= 0.3 is 0 Å². The minimum absolute atomic E-state index is 0.0565. The number of carbonyl (C=O) groups excluding carboxylic acids is 1. The average Bonchev–Trinajstić information content (AvgIpc) is 3.27. The van der Waals surface area contributed by atoms with Gasteiger partial charge in [-0.15, -0.1) is 0 Å². The van der Waals surface area contributed by atoms with Crippen molar-refractivity contribution in [3.05, 3.63) is 36.0 Å². The molecule has 1 aliphatic carbocycles. The van der Waals surface area contributed by atoms with Gasteiger partial charge in [-0.25, -0.2) is 8.42 Å². The van der Waals surface area contributed by atoms with Gasteiger partial charge in [0.1, 0.15) is 5.75 Å². The molecule has 0 unspecified atom stereocenters. The van der Waals surface area contributed by atoms with E-state index in [-0.39, 0.29) is 23.5 Å². The average molecular weight is 389 g/mol. The van der Waals surface area contributed by atoms with Gasteiger partial charge in [-0.1, -0.05) is 0 Å². The van der Waals surface area contributed by atoms with E-state index in [1.54, 1.807) is 17.9 Å². The summed E-state index contributed by atoms with van der Waals surface area (Å²) in [5, 5.41) is 7.41. The molecule has 7 nitrogen and oxygen atoms in total. The van der Waals surface area contributed by atoms with Crippen molar-refractivity contribution >= 4 is 15.7 Å². The van der Waals surface area contributed by atoms with Crippen LogP contribution >= 0.6 is 0 Å². The van der Waals surface area contributed by atoms with Gasteiger partial charge in [-0.2, -0.15) is 5.10 Å². The lowest BCUT2D eigenvalue weighted by Gasteiger charge is -2.13. The van der Waals surface area contributed by atoms with Gasteiger partial charge in [0.15, 0.2) is 15.5 Å². The number of hydrogen-bond donors (Lipinski definition) is 1. The van der Waals surface area contributed by atoms with Crippen molar-refractivity contribution < 1.29 is 17.9 Å². The molecule has 1 aromatic carbocycles. The third-order valence-electron chi connectivity index (χ3n) is 5.16. The first-order valence-electron chi connectivity index (χ1n) is 9.18. The van der Waals surface area contributed by atoms with Gasteiger partial charge in [0.25, 0.3) is 5.91 Å². The molecule has 2 heterocycles. The molecule has 0 spiro atoms. The van der Waals surface area contributed by atoms with Crippen LogP contribution < -0.4 is 10.1 Å². The van der Waals surface area contributed by atoms with Crippen LogP contribution in [0.2, 0.25) is 0 Å². The van der Waals surface area contributed by atoms with Crippen molar-refractivity contribution in [2.24, 2.45) is 5.92 Å². The molecule has 4 rings (SSSR count). The van der Waals surface area contributed by atoms with Crippen LogP contribution in [0.25, 0.3) is 11.3 Å². The summed E-state index contributed by atoms with van der Waals surface area (Å²) in [6.45, 7) is 0.668. The Labute approximate surface area is 158 Å². The Morgan fingerprint density at radius 3 is 2.59 bits per heavy atom. The number of nitrogens with one attached hydrogen (secondary N) is 1. The zero-order valence-electron chi connectivity index (χ0n) is 15.2. The number of rotatable bonds is 6. The van der Waals surface area contributed by atoms with Crippen molar-refractivity contribution in [3.8, 4) is 17.0 Å². The van der Waals surface area contributed by atoms with Crippen molar-refractivity contribution in [3.63, 3.8) is 0 Å². The predicted octanol–water partition coefficient (Wildman–Crippen LogP) is 2.06. The number of benzene rings is 1. The normalized spacial score (nSPS) is 21.1. The van der Waals surface area contributed by atoms with E-state index in [2.05, 4.69) is 10.4 Å². The summed E-state index contributed by atoms with van der Waals surface area (Å²) in [5.41, 5.74) is 1.94. The molecule has 8 heteroatoms. The Bertz CT molecular complexity index is 946. The van der Waals surface area contributed by atoms with E-state index in [4.69, 9.17) is 4.74 Å². The molecule has 2 fully saturated rings. The van der Waals surface area contributed by atoms with Crippen LogP contribution in [0.5, 0.6) is 5.75 Å². The Kier molecular flexibility index (Phi) is 4.67. The fraction of sp³-hybridized carbons (Fsp3) is 0.474. The van der Waals surface area contributed by atoms with Crippen LogP contribution in [0.4, 0.5) is 0 Å². The molecule has 1 saturated heterocycles. The van der Waals surface area contributed by atoms with E-state index in [0.29, 0.717) is 24.6 Å². The van der Waals surface area contributed by atoms with E-state index < -0.39 is 9.84 Å². The Hall–Kier alpha value is -2.35. The second-order valence-electron chi connectivity index (χ2n) is 7.30. The summed E-state index contributed by atoms with van der Waals surface area (Å²) < 4.78 is 30.8. The molecule has 1 amide bonds. The largest absolute Gasteiger partial charge is 0.497 e. The number of nitrogens with zero attached hydrogens (tertiary/aromatic N) is 2. The molecule has 1 saturated carbocycles. The molecule has 1 N–H and O–H groups in total. The second kappa shape index (κ2) is 6.99. The number of carbonyl (C=O) groups is 1. The number of aromatic nitrogens is 2. The van der Waals surface area contributed by atoms with Crippen molar-refractivity contribution in [2.75, 3.05) is 25.2 Å². The molecule has 27 heavy (non-hydrogen) atoms. The van der Waals surface area contributed by atoms with Gasteiger partial charge in [0.05, 0.1) is 30.4 Å². The van der Waals surface area contributed by atoms with Crippen molar-refractivity contribution in [1.29, 1.82) is 0 Å². The zero-order valence-corrected chi connectivity index (χ0v) is 16.0. The number of sulfone groups is 1. The first kappa shape index (κ1) is 18.0. The van der Waals surface area contributed by atoms with E-state index in [9.17, 15) is 13.2 Å². The topological polar surface area (TPSA) is 90.3 Å². The predicted molar refractivity (Wildman–Crippen MR) is 102 cm³/mol. The quantitative estimate of drug-likeness (QED) is 0.817. The van der Waals surface area contributed by atoms with Crippen LogP contribution in [0.3, 0.4) is 0 Å². The zero-order chi connectivity index (χ0) is 19.0. The van der Waals surface area contributed by atoms with E-state index in [0.717, 1.165) is 29.8 Å². The first-order chi connectivity index (χ1) is 12.9. The maximum Gasteiger partial charge on any atom is 0.271 e. The maximum atomic E-state index is 12.5. The fourth-order valence-corrected chi connectivity index (χ4v) is 5.07. The Balaban J connectivity index is 1.66. The maximum absolute atomic E-state index is 12.5. The lowest BCUT2D eigenvalue weighted by molar-refractivity contribution is 0.0945. The molecule has 0 radical (unpaired) electrons. The van der Waals surface area contributed by atoms with Crippen LogP contribution in [0, 0.1) is 5.92 Å². The number of amides is 1. The van der Waals surface area contributed by atoms with Gasteiger partial charge in [-0.05, 0) is 55.5 Å². The van der Waals surface area contributed by atoms with E-state index in [1.807, 2.05) is 24.3 Å². The minimum atomic E-state index is -3.06. The number of ether oxygens (including phenoxy) is 1. The molecule has 2 aromatic rings. The lowest BCUT2D eigenvalue weighted by Crippen LogP contribution is -2.26. The number of methoxy groups -OCH3 is 1. The number of hydrogen-bond acceptors (Lipinski definition) is 5. The van der Waals surface area contributed by atoms with E-state index in [1.165, 1.54) is 0 Å². The highest BCUT2D eigenvalue weighted by molar-refractivity contribution is 7.91. The highest BCUT2D eigenvalue weighted by Crippen LogP contribution is 2.31. The van der Waals surface area contributed by atoms with Crippen molar-refractivity contribution in [1.82, 2.24) is 15.1 Å². The minimum Gasteiger partial charge on any atom is -0.497 e. The van der Waals surface area contributed by atoms with Crippen LogP contribution in [-0.4, -0.2) is 49.3 Å². The Morgan fingerprint density at radius 1 is 1.26 bits per heavy atom. The lowest BCUT2D eigenvalue weighted by atomic mass is 10.1. The van der Waals surface area contributed by atoms with Gasteiger partial charge in [0.2, 0.25) is 0 Å². The smallest absolute Gasteiger partial charge is 0.271 e. The summed E-state index contributed by atoms with van der Waals surface area (Å²) >= 11 is 0. The standard InChI is InChI=1S/C19H23N3O4S/c1-26-16-6-4-14(5-7-16)18-10-17(19(23)20-11-13-2-3-13)21-22(18)15-8-9-27(24,25)12-15/h4-7,10,13,15H,2-3,8-9,11-12H2,1H3,(H,20,23)/t15-/m1/s1. The third-order valence-corrected chi connectivity index (χ3v) is 6.91. The van der Waals surface area contributed by atoms with Crippen LogP contribution in [0.15, 0.2) is 30.3 Å². The molecule has 1 atom stereocenters. The van der Waals surface area contributed by atoms with Gasteiger partial charge in [0, 0.05) is 12.1 Å². The molecular formula is C19H23N3O4S. The summed E-state index contributed by atoms with van der Waals surface area (Å²) in [4.78, 5) is 12.5. The molecule has 144 valence electrons. The fourth-order valence-electron chi connectivity index (χ4n) is 3.38. The molecule has 1 aliphatic heterocycles. The molecule has 2 aliphatic rings. The third kappa shape index (κ3) is 4.00. The summed E-state index contributed by atoms with van der Waals surface area (Å²) in [6.07, 6.45) is 2.83.